The number of β-lactam (4-membered cyclic amide) rings is 2. The number of hydrogen-bond acceptors (Lipinski definition) is 16. The molecule has 6 heterocycles. The maximum Gasteiger partial charge on any atom is 1.00 e. The summed E-state index contributed by atoms with van der Waals surface area (Å²) in [5.74, 6) is -4.62. The van der Waals surface area contributed by atoms with E-state index < -0.39 is 70.0 Å². The van der Waals surface area contributed by atoms with Gasteiger partial charge in [0, 0.05) is 46.6 Å². The number of hydrogen-bond donors (Lipinski definition) is 6. The Morgan fingerprint density at radius 3 is 1.40 bits per heavy atom. The van der Waals surface area contributed by atoms with Crippen LogP contribution in [-0.4, -0.2) is 129 Å². The second-order valence-electron chi connectivity index (χ2n) is 11.9. The maximum atomic E-state index is 12.8. The van der Waals surface area contributed by atoms with Crippen LogP contribution in [0.2, 0.25) is 0 Å². The Morgan fingerprint density at radius 2 is 1.12 bits per heavy atom. The molecule has 2 fully saturated rings. The van der Waals surface area contributed by atoms with Crippen LogP contribution in [0.4, 0.5) is 9.59 Å². The minimum absolute atomic E-state index is 0. The van der Waals surface area contributed by atoms with E-state index in [9.17, 15) is 48.6 Å². The van der Waals surface area contributed by atoms with E-state index in [1.165, 1.54) is 60.4 Å². The fraction of sp³-hybridized carbons (Fsp3) is 0.375. The molecule has 302 valence electrons. The number of carboxylic acids is 2. The van der Waals surface area contributed by atoms with Gasteiger partial charge in [-0.05, 0) is 22.9 Å². The van der Waals surface area contributed by atoms with Crippen molar-refractivity contribution in [2.24, 2.45) is 11.5 Å². The zero-order valence-corrected chi connectivity index (χ0v) is 35.6. The summed E-state index contributed by atoms with van der Waals surface area (Å²) in [5.41, 5.74) is 6.41. The second-order valence-corrected chi connectivity index (χ2v) is 16.1. The fourth-order valence-electron chi connectivity index (χ4n) is 6.07. The number of nitrogens with zero attached hydrogens (tertiary/aromatic N) is 2. The topological polar surface area (TPSA) is 297 Å². The molecule has 0 saturated carbocycles. The average molecular weight is 879 g/mol. The molecular formula is C32H35N6NaO14S4. The van der Waals surface area contributed by atoms with Gasteiger partial charge in [-0.3, -0.25) is 29.0 Å². The van der Waals surface area contributed by atoms with E-state index >= 15 is 0 Å². The third-order valence-corrected chi connectivity index (χ3v) is 13.0. The van der Waals surface area contributed by atoms with Gasteiger partial charge in [0.05, 0.1) is 12.8 Å². The molecule has 4 aliphatic heterocycles. The van der Waals surface area contributed by atoms with Crippen molar-refractivity contribution in [1.29, 1.82) is 0 Å². The molecule has 2 aromatic rings. The molecule has 0 aliphatic carbocycles. The van der Waals surface area contributed by atoms with Crippen molar-refractivity contribution in [2.45, 2.75) is 35.0 Å². The largest absolute Gasteiger partial charge is 1.00 e. The minimum Gasteiger partial charge on any atom is -1.00 e. The quantitative estimate of drug-likeness (QED) is 0.0640. The van der Waals surface area contributed by atoms with Crippen molar-refractivity contribution in [3.63, 3.8) is 0 Å². The number of amides is 6. The number of thioether (sulfide) groups is 2. The zero-order chi connectivity index (χ0) is 40.9. The van der Waals surface area contributed by atoms with Gasteiger partial charge in [0.1, 0.15) is 35.4 Å². The Hall–Kier alpha value is -4.14. The summed E-state index contributed by atoms with van der Waals surface area (Å²) >= 11 is 5.20. The number of aliphatic carboxylic acids is 2. The molecule has 20 nitrogen and oxygen atoms in total. The van der Waals surface area contributed by atoms with E-state index in [2.05, 4.69) is 20.1 Å². The first-order valence-electron chi connectivity index (χ1n) is 16.0. The number of carbonyl (C=O) groups excluding carboxylic acids is 6. The summed E-state index contributed by atoms with van der Waals surface area (Å²) in [6, 6.07) is 7.22. The molecule has 8 N–H and O–H groups in total. The van der Waals surface area contributed by atoms with Gasteiger partial charge in [0.2, 0.25) is 11.8 Å². The maximum absolute atomic E-state index is 12.8. The minimum atomic E-state index is -1.66. The van der Waals surface area contributed by atoms with Gasteiger partial charge in [0.15, 0.2) is 0 Å². The normalized spacial score (nSPS) is 23.3. The van der Waals surface area contributed by atoms with Crippen LogP contribution >= 0.6 is 46.2 Å². The molecule has 57 heavy (non-hydrogen) atoms. The summed E-state index contributed by atoms with van der Waals surface area (Å²) in [7, 11) is 2.55. The number of rotatable bonds is 14. The van der Waals surface area contributed by atoms with E-state index in [0.29, 0.717) is 0 Å². The number of nitrogens with two attached hydrogens (primary N) is 2. The third kappa shape index (κ3) is 9.28. The van der Waals surface area contributed by atoms with E-state index in [1.807, 2.05) is 22.9 Å². The van der Waals surface area contributed by atoms with Gasteiger partial charge in [-0.2, -0.15) is 0 Å². The molecule has 2 aromatic heterocycles. The Balaban J connectivity index is 0.000000300. The van der Waals surface area contributed by atoms with Crippen LogP contribution in [0, 0.1) is 0 Å². The number of carboxylic acid groups (broad SMARTS) is 2. The number of nitrogens with one attached hydrogen (secondary N) is 2. The second kappa shape index (κ2) is 19.1. The number of ether oxygens (including phenoxy) is 4. The van der Waals surface area contributed by atoms with Crippen molar-refractivity contribution in [3.05, 3.63) is 67.3 Å². The van der Waals surface area contributed by atoms with Crippen LogP contribution in [0.25, 0.3) is 0 Å². The molecule has 6 rings (SSSR count). The first kappa shape index (κ1) is 45.6. The molecule has 0 bridgehead atoms. The smallest absolute Gasteiger partial charge is 1.00 e. The van der Waals surface area contributed by atoms with Crippen LogP contribution in [0.1, 0.15) is 11.2 Å². The van der Waals surface area contributed by atoms with E-state index in [1.54, 1.807) is 12.1 Å². The molecule has 25 heteroatoms. The van der Waals surface area contributed by atoms with Gasteiger partial charge in [-0.1, -0.05) is 12.1 Å². The Kier molecular flexibility index (Phi) is 15.2. The van der Waals surface area contributed by atoms with Crippen LogP contribution < -0.4 is 51.7 Å². The van der Waals surface area contributed by atoms with Gasteiger partial charge >= 0.3 is 53.7 Å². The first-order valence-corrected chi connectivity index (χ1v) is 19.9. The van der Waals surface area contributed by atoms with E-state index in [-0.39, 0.29) is 91.1 Å². The van der Waals surface area contributed by atoms with Crippen molar-refractivity contribution < 1.29 is 98.5 Å². The SMILES string of the molecule is CO[C@@]1(NC(=O)Cc2cccs2)C(=O)N2C(C(=O)O)=C(COC(N)=O)CS[C@@H]21.CO[C@]1(NC(=O)Cc2cccs2)C(=O)N2C(C(=O)O)=C(COC(N)=O)CS[C@H]21.[H-].[Na+]. The number of thiophene rings is 2. The summed E-state index contributed by atoms with van der Waals surface area (Å²) in [6.45, 7) is -0.684. The number of carbonyl (C=O) groups is 8. The van der Waals surface area contributed by atoms with Crippen molar-refractivity contribution in [1.82, 2.24) is 20.4 Å². The van der Waals surface area contributed by atoms with E-state index in [0.717, 1.165) is 19.6 Å². The Labute approximate surface area is 363 Å². The van der Waals surface area contributed by atoms with Gasteiger partial charge < -0.3 is 52.7 Å². The molecule has 4 atom stereocenters. The summed E-state index contributed by atoms with van der Waals surface area (Å²) < 4.78 is 20.0. The first-order chi connectivity index (χ1) is 26.6. The molecular weight excluding hydrogens is 844 g/mol. The molecule has 0 spiro atoms. The summed E-state index contributed by atoms with van der Waals surface area (Å²) in [4.78, 5) is 99.2. The number of primary amides is 2. The van der Waals surface area contributed by atoms with Crippen molar-refractivity contribution in [2.75, 3.05) is 38.9 Å². The Morgan fingerprint density at radius 1 is 0.754 bits per heavy atom. The van der Waals surface area contributed by atoms with Crippen LogP contribution in [0.3, 0.4) is 0 Å². The predicted octanol–water partition coefficient (Wildman–Crippen LogP) is -2.69. The Bertz CT molecular complexity index is 1860. The molecule has 0 aromatic carbocycles. The summed E-state index contributed by atoms with van der Waals surface area (Å²) in [6.07, 6.45) is -1.95. The monoisotopic (exact) mass is 878 g/mol. The van der Waals surface area contributed by atoms with Gasteiger partial charge in [0.25, 0.3) is 23.3 Å². The van der Waals surface area contributed by atoms with E-state index in [4.69, 9.17) is 20.9 Å². The molecule has 0 unspecified atom stereocenters. The number of fused-ring (bicyclic) bond motifs is 2. The number of methoxy groups -OCH3 is 2. The average Bonchev–Trinajstić information content (AvgIpc) is 3.88. The summed E-state index contributed by atoms with van der Waals surface area (Å²) in [5, 5.41) is 26.5. The van der Waals surface area contributed by atoms with Crippen LogP contribution in [0.5, 0.6) is 0 Å². The fourth-order valence-corrected chi connectivity index (χ4v) is 10.3. The van der Waals surface area contributed by atoms with Crippen molar-refractivity contribution >= 4 is 94.0 Å². The third-order valence-electron chi connectivity index (χ3n) is 8.53. The molecule has 0 radical (unpaired) electrons. The molecule has 6 amide bonds. The zero-order valence-electron chi connectivity index (χ0n) is 31.3. The van der Waals surface area contributed by atoms with Gasteiger partial charge in [-0.15, -0.1) is 46.2 Å². The molecule has 4 aliphatic rings. The van der Waals surface area contributed by atoms with Crippen molar-refractivity contribution in [3.8, 4) is 0 Å². The standard InChI is InChI=1S/2C16H17N3O7S2.Na.H/c2*1-25-16(18-10(20)5-9-3-2-4-27-9)13(23)19-11(12(21)22)8(6-26-15(17)24)7-28-14(16)19;;/h2*2-4,14H,5-7H2,1H3,(H2,17,24)(H,18,20)(H,21,22);;/q;;+1;-1/t2*14-,16+;;/m10../s1. The van der Waals surface area contributed by atoms with Crippen LogP contribution in [-0.2, 0) is 60.6 Å². The van der Waals surface area contributed by atoms with Crippen LogP contribution in [0.15, 0.2) is 57.6 Å². The van der Waals surface area contributed by atoms with Gasteiger partial charge in [-0.25, -0.2) is 19.2 Å². The predicted molar refractivity (Wildman–Crippen MR) is 200 cm³/mol. The molecule has 2 saturated heterocycles.